The minimum absolute atomic E-state index is 0.133. The second kappa shape index (κ2) is 7.68. The fourth-order valence-electron chi connectivity index (χ4n) is 2.49. The van der Waals surface area contributed by atoms with Crippen LogP contribution < -0.4 is 5.32 Å². The molecule has 0 saturated carbocycles. The third-order valence-electron chi connectivity index (χ3n) is 3.85. The van der Waals surface area contributed by atoms with Crippen LogP contribution in [0.15, 0.2) is 5.38 Å². The van der Waals surface area contributed by atoms with Gasteiger partial charge in [0.2, 0.25) is 0 Å². The third-order valence-corrected chi connectivity index (χ3v) is 4.75. The van der Waals surface area contributed by atoms with Gasteiger partial charge in [0.05, 0.1) is 18.9 Å². The first-order chi connectivity index (χ1) is 9.94. The zero-order valence-electron chi connectivity index (χ0n) is 13.8. The second-order valence-corrected chi connectivity index (χ2v) is 7.92. The van der Waals surface area contributed by atoms with Crippen molar-refractivity contribution >= 4 is 11.3 Å². The predicted molar refractivity (Wildman–Crippen MR) is 88.6 cm³/mol. The maximum Gasteiger partial charge on any atom is 0.107 e. The molecular formula is C16H29N3OS. The summed E-state index contributed by atoms with van der Waals surface area (Å²) in [6, 6.07) is 0.583. The lowest BCUT2D eigenvalue weighted by Gasteiger charge is -2.32. The summed E-state index contributed by atoms with van der Waals surface area (Å²) in [5, 5.41) is 6.72. The van der Waals surface area contributed by atoms with E-state index in [0.717, 1.165) is 23.9 Å². The summed E-state index contributed by atoms with van der Waals surface area (Å²) < 4.78 is 5.87. The van der Waals surface area contributed by atoms with Crippen LogP contribution in [0.4, 0.5) is 0 Å². The van der Waals surface area contributed by atoms with Gasteiger partial charge in [-0.05, 0) is 47.2 Å². The van der Waals surface area contributed by atoms with E-state index in [0.29, 0.717) is 12.6 Å². The van der Waals surface area contributed by atoms with Crippen LogP contribution in [0.5, 0.6) is 0 Å². The fourth-order valence-corrected chi connectivity index (χ4v) is 3.21. The highest BCUT2D eigenvalue weighted by Crippen LogP contribution is 2.16. The molecule has 1 saturated heterocycles. The van der Waals surface area contributed by atoms with Crippen molar-refractivity contribution in [1.29, 1.82) is 0 Å². The number of hydrogen-bond acceptors (Lipinski definition) is 5. The van der Waals surface area contributed by atoms with Crippen molar-refractivity contribution in [3.05, 3.63) is 16.1 Å². The van der Waals surface area contributed by atoms with Gasteiger partial charge >= 0.3 is 0 Å². The minimum Gasteiger partial charge on any atom is -0.374 e. The first kappa shape index (κ1) is 16.9. The van der Waals surface area contributed by atoms with Crippen LogP contribution in [0.1, 0.15) is 50.7 Å². The minimum atomic E-state index is 0.133. The first-order valence-corrected chi connectivity index (χ1v) is 8.78. The Labute approximate surface area is 132 Å². The molecule has 120 valence electrons. The number of likely N-dealkylation sites (N-methyl/N-ethyl adjacent to an activating group) is 1. The Hall–Kier alpha value is -0.490. The summed E-state index contributed by atoms with van der Waals surface area (Å²) in [4.78, 5) is 7.05. The van der Waals surface area contributed by atoms with E-state index in [4.69, 9.17) is 4.74 Å². The van der Waals surface area contributed by atoms with Crippen molar-refractivity contribution < 1.29 is 4.74 Å². The molecule has 2 rings (SSSR count). The molecule has 1 N–H and O–H groups in total. The molecule has 1 fully saturated rings. The summed E-state index contributed by atoms with van der Waals surface area (Å²) in [6.45, 7) is 10.0. The highest BCUT2D eigenvalue weighted by molar-refractivity contribution is 7.09. The molecular weight excluding hydrogens is 282 g/mol. The maximum absolute atomic E-state index is 5.87. The summed E-state index contributed by atoms with van der Waals surface area (Å²) in [7, 11) is 2.20. The van der Waals surface area contributed by atoms with E-state index in [2.05, 4.69) is 48.4 Å². The second-order valence-electron chi connectivity index (χ2n) is 6.98. The van der Waals surface area contributed by atoms with Gasteiger partial charge in [0, 0.05) is 23.5 Å². The molecule has 1 unspecified atom stereocenters. The van der Waals surface area contributed by atoms with E-state index in [-0.39, 0.29) is 5.54 Å². The molecule has 0 spiro atoms. The van der Waals surface area contributed by atoms with Crippen molar-refractivity contribution in [1.82, 2.24) is 15.2 Å². The predicted octanol–water partition coefficient (Wildman–Crippen LogP) is 3.03. The smallest absolute Gasteiger partial charge is 0.107 e. The molecule has 0 radical (unpaired) electrons. The zero-order chi connectivity index (χ0) is 15.3. The summed E-state index contributed by atoms with van der Waals surface area (Å²) in [5.41, 5.74) is 1.19. The van der Waals surface area contributed by atoms with E-state index < -0.39 is 0 Å². The molecule has 0 aromatic carbocycles. The quantitative estimate of drug-likeness (QED) is 0.876. The van der Waals surface area contributed by atoms with Crippen molar-refractivity contribution in [3.8, 4) is 0 Å². The van der Waals surface area contributed by atoms with Crippen molar-refractivity contribution in [2.75, 3.05) is 20.2 Å². The molecule has 2 heterocycles. The number of hydrogen-bond donors (Lipinski definition) is 1. The number of rotatable bonds is 6. The molecule has 1 aromatic heterocycles. The van der Waals surface area contributed by atoms with Gasteiger partial charge in [0.25, 0.3) is 0 Å². The van der Waals surface area contributed by atoms with Gasteiger partial charge < -0.3 is 15.0 Å². The Morgan fingerprint density at radius 1 is 1.43 bits per heavy atom. The van der Waals surface area contributed by atoms with Gasteiger partial charge in [0.15, 0.2) is 0 Å². The van der Waals surface area contributed by atoms with Crippen LogP contribution >= 0.6 is 11.3 Å². The van der Waals surface area contributed by atoms with Gasteiger partial charge in [0.1, 0.15) is 5.01 Å². The summed E-state index contributed by atoms with van der Waals surface area (Å²) in [6.07, 6.45) is 3.91. The van der Waals surface area contributed by atoms with E-state index in [9.17, 15) is 0 Å². The SMILES string of the molecule is CN1CCCCC1COCc1csc(CNC(C)(C)C)n1. The topological polar surface area (TPSA) is 37.4 Å². The highest BCUT2D eigenvalue weighted by atomic mass is 32.1. The van der Waals surface area contributed by atoms with Crippen LogP contribution in [0.25, 0.3) is 0 Å². The first-order valence-electron chi connectivity index (χ1n) is 7.90. The van der Waals surface area contributed by atoms with Crippen LogP contribution in [0.3, 0.4) is 0 Å². The molecule has 1 aliphatic heterocycles. The average molecular weight is 311 g/mol. The van der Waals surface area contributed by atoms with E-state index >= 15 is 0 Å². The number of piperidine rings is 1. The molecule has 1 atom stereocenters. The summed E-state index contributed by atoms with van der Waals surface area (Å²) in [5.74, 6) is 0. The Morgan fingerprint density at radius 2 is 2.24 bits per heavy atom. The fraction of sp³-hybridized carbons (Fsp3) is 0.812. The molecule has 5 heteroatoms. The molecule has 0 aliphatic carbocycles. The van der Waals surface area contributed by atoms with Crippen LogP contribution in [-0.4, -0.2) is 41.7 Å². The van der Waals surface area contributed by atoms with Crippen molar-refractivity contribution in [2.24, 2.45) is 0 Å². The maximum atomic E-state index is 5.87. The molecule has 0 bridgehead atoms. The van der Waals surface area contributed by atoms with Crippen molar-refractivity contribution in [2.45, 2.75) is 64.8 Å². The summed E-state index contributed by atoms with van der Waals surface area (Å²) >= 11 is 1.71. The normalized spacial score (nSPS) is 20.9. The molecule has 4 nitrogen and oxygen atoms in total. The van der Waals surface area contributed by atoms with Gasteiger partial charge in [-0.2, -0.15) is 0 Å². The Bertz CT molecular complexity index is 427. The number of nitrogens with zero attached hydrogens (tertiary/aromatic N) is 2. The third kappa shape index (κ3) is 6.02. The monoisotopic (exact) mass is 311 g/mol. The lowest BCUT2D eigenvalue weighted by molar-refractivity contribution is 0.0432. The van der Waals surface area contributed by atoms with Gasteiger partial charge in [-0.1, -0.05) is 6.42 Å². The standard InChI is InChI=1S/C16H29N3OS/c1-16(2,3)17-9-15-18-13(12-21-15)10-20-11-14-7-5-6-8-19(14)4/h12,14,17H,5-11H2,1-4H3. The number of aromatic nitrogens is 1. The largest absolute Gasteiger partial charge is 0.374 e. The number of likely N-dealkylation sites (tertiary alicyclic amines) is 1. The number of nitrogens with one attached hydrogen (secondary N) is 1. The Kier molecular flexibility index (Phi) is 6.17. The Balaban J connectivity index is 1.70. The number of thiazole rings is 1. The average Bonchev–Trinajstić information content (AvgIpc) is 2.86. The van der Waals surface area contributed by atoms with E-state index in [1.54, 1.807) is 11.3 Å². The van der Waals surface area contributed by atoms with Gasteiger partial charge in [-0.3, -0.25) is 0 Å². The lowest BCUT2D eigenvalue weighted by atomic mass is 10.0. The van der Waals surface area contributed by atoms with Gasteiger partial charge in [-0.25, -0.2) is 4.98 Å². The highest BCUT2D eigenvalue weighted by Gasteiger charge is 2.18. The lowest BCUT2D eigenvalue weighted by Crippen LogP contribution is -2.39. The zero-order valence-corrected chi connectivity index (χ0v) is 14.6. The molecule has 0 amide bonds. The Morgan fingerprint density at radius 3 is 2.95 bits per heavy atom. The molecule has 1 aromatic rings. The van der Waals surface area contributed by atoms with E-state index in [1.165, 1.54) is 25.8 Å². The van der Waals surface area contributed by atoms with Crippen LogP contribution in [0, 0.1) is 0 Å². The van der Waals surface area contributed by atoms with Crippen molar-refractivity contribution in [3.63, 3.8) is 0 Å². The van der Waals surface area contributed by atoms with E-state index in [1.807, 2.05) is 0 Å². The van der Waals surface area contributed by atoms with Crippen LogP contribution in [-0.2, 0) is 17.9 Å². The van der Waals surface area contributed by atoms with Gasteiger partial charge in [-0.15, -0.1) is 11.3 Å². The van der Waals surface area contributed by atoms with Crippen LogP contribution in [0.2, 0.25) is 0 Å². The molecule has 21 heavy (non-hydrogen) atoms. The molecule has 1 aliphatic rings. The number of ether oxygens (including phenoxy) is 1.